The topological polar surface area (TPSA) is 17.1 Å². The van der Waals surface area contributed by atoms with Crippen molar-refractivity contribution in [2.45, 2.75) is 6.42 Å². The number of carbonyl (C=O) groups is 1. The summed E-state index contributed by atoms with van der Waals surface area (Å²) in [5.41, 5.74) is 0.699. The molecule has 82 valence electrons. The maximum atomic E-state index is 12.9. The zero-order valence-corrected chi connectivity index (χ0v) is 10.6. The van der Waals surface area contributed by atoms with E-state index in [1.165, 1.54) is 23.5 Å². The predicted molar refractivity (Wildman–Crippen MR) is 66.5 cm³/mol. The highest BCUT2D eigenvalue weighted by Gasteiger charge is 2.12. The summed E-state index contributed by atoms with van der Waals surface area (Å²) in [4.78, 5) is 12.5. The van der Waals surface area contributed by atoms with Gasteiger partial charge in [0, 0.05) is 10.9 Å². The molecule has 0 spiro atoms. The lowest BCUT2D eigenvalue weighted by molar-refractivity contribution is 0.0996. The lowest BCUT2D eigenvalue weighted by Crippen LogP contribution is -2.02. The normalized spacial score (nSPS) is 10.4. The number of Topliss-reactive ketones (excluding diaryl/α,β-unsaturated/α-hetero) is 1. The molecule has 0 bridgehead atoms. The Morgan fingerprint density at radius 1 is 1.38 bits per heavy atom. The zero-order chi connectivity index (χ0) is 11.5. The Bertz CT molecular complexity index is 521. The summed E-state index contributed by atoms with van der Waals surface area (Å²) < 4.78 is 13.7. The SMILES string of the molecule is O=C(Cc1cccc(F)c1)c1sccc1Br. The van der Waals surface area contributed by atoms with Crippen LogP contribution < -0.4 is 0 Å². The molecule has 1 aromatic carbocycles. The molecule has 0 saturated heterocycles. The van der Waals surface area contributed by atoms with Crippen LogP contribution in [0.4, 0.5) is 4.39 Å². The van der Waals surface area contributed by atoms with E-state index in [9.17, 15) is 9.18 Å². The second-order valence-electron chi connectivity index (χ2n) is 3.33. The number of rotatable bonds is 3. The van der Waals surface area contributed by atoms with Crippen LogP contribution in [0.5, 0.6) is 0 Å². The monoisotopic (exact) mass is 298 g/mol. The Labute approximate surface area is 105 Å². The first-order valence-corrected chi connectivity index (χ1v) is 6.35. The van der Waals surface area contributed by atoms with Crippen molar-refractivity contribution in [3.8, 4) is 0 Å². The zero-order valence-electron chi connectivity index (χ0n) is 8.24. The predicted octanol–water partition coefficient (Wildman–Crippen LogP) is 4.08. The van der Waals surface area contributed by atoms with Crippen LogP contribution in [0.25, 0.3) is 0 Å². The van der Waals surface area contributed by atoms with Gasteiger partial charge in [0.1, 0.15) is 5.82 Å². The summed E-state index contributed by atoms with van der Waals surface area (Å²) in [5, 5.41) is 1.85. The van der Waals surface area contributed by atoms with Gasteiger partial charge in [-0.1, -0.05) is 12.1 Å². The van der Waals surface area contributed by atoms with E-state index in [2.05, 4.69) is 15.9 Å². The number of thiophene rings is 1. The van der Waals surface area contributed by atoms with Crippen molar-refractivity contribution >= 4 is 33.0 Å². The Morgan fingerprint density at radius 2 is 2.19 bits per heavy atom. The summed E-state index contributed by atoms with van der Waals surface area (Å²) >= 11 is 4.70. The van der Waals surface area contributed by atoms with Gasteiger partial charge in [-0.15, -0.1) is 11.3 Å². The molecular weight excluding hydrogens is 291 g/mol. The number of hydrogen-bond acceptors (Lipinski definition) is 2. The van der Waals surface area contributed by atoms with Crippen molar-refractivity contribution in [1.82, 2.24) is 0 Å². The van der Waals surface area contributed by atoms with Gasteiger partial charge in [-0.3, -0.25) is 4.79 Å². The summed E-state index contributed by atoms with van der Waals surface area (Å²) in [6, 6.07) is 7.96. The minimum atomic E-state index is -0.310. The smallest absolute Gasteiger partial charge is 0.178 e. The summed E-state index contributed by atoms with van der Waals surface area (Å²) in [5.74, 6) is -0.303. The van der Waals surface area contributed by atoms with E-state index in [4.69, 9.17) is 0 Å². The fourth-order valence-corrected chi connectivity index (χ4v) is 2.94. The lowest BCUT2D eigenvalue weighted by atomic mass is 10.1. The largest absolute Gasteiger partial charge is 0.293 e. The third-order valence-corrected chi connectivity index (χ3v) is 4.00. The molecule has 0 atom stereocenters. The van der Waals surface area contributed by atoms with Crippen LogP contribution >= 0.6 is 27.3 Å². The van der Waals surface area contributed by atoms with E-state index in [-0.39, 0.29) is 18.0 Å². The Kier molecular flexibility index (Phi) is 3.51. The maximum absolute atomic E-state index is 12.9. The van der Waals surface area contributed by atoms with Crippen molar-refractivity contribution in [3.63, 3.8) is 0 Å². The molecule has 0 saturated carbocycles. The lowest BCUT2D eigenvalue weighted by Gasteiger charge is -2.00. The average molecular weight is 299 g/mol. The van der Waals surface area contributed by atoms with Crippen molar-refractivity contribution in [1.29, 1.82) is 0 Å². The molecule has 0 fully saturated rings. The molecule has 0 N–H and O–H groups in total. The van der Waals surface area contributed by atoms with Gasteiger partial charge in [-0.05, 0) is 45.1 Å². The summed E-state index contributed by atoms with van der Waals surface area (Å²) in [6.07, 6.45) is 0.233. The average Bonchev–Trinajstić information content (AvgIpc) is 2.64. The van der Waals surface area contributed by atoms with Gasteiger partial charge in [-0.25, -0.2) is 4.39 Å². The molecule has 4 heteroatoms. The fraction of sp³-hybridized carbons (Fsp3) is 0.0833. The van der Waals surface area contributed by atoms with Crippen LogP contribution in [0, 0.1) is 5.82 Å². The number of hydrogen-bond donors (Lipinski definition) is 0. The van der Waals surface area contributed by atoms with E-state index < -0.39 is 0 Å². The molecule has 0 unspecified atom stereocenters. The molecule has 1 heterocycles. The molecule has 2 aromatic rings. The number of ketones is 1. The fourth-order valence-electron chi connectivity index (χ4n) is 1.41. The van der Waals surface area contributed by atoms with Crippen molar-refractivity contribution in [2.24, 2.45) is 0 Å². The highest BCUT2D eigenvalue weighted by atomic mass is 79.9. The Hall–Kier alpha value is -1.00. The number of benzene rings is 1. The van der Waals surface area contributed by atoms with Gasteiger partial charge in [0.15, 0.2) is 5.78 Å². The Morgan fingerprint density at radius 3 is 2.81 bits per heavy atom. The van der Waals surface area contributed by atoms with E-state index in [1.54, 1.807) is 12.1 Å². The van der Waals surface area contributed by atoms with Crippen LogP contribution in [-0.4, -0.2) is 5.78 Å². The molecular formula is C12H8BrFOS. The van der Waals surface area contributed by atoms with Gasteiger partial charge >= 0.3 is 0 Å². The molecule has 2 rings (SSSR count). The van der Waals surface area contributed by atoms with Gasteiger partial charge in [-0.2, -0.15) is 0 Å². The molecule has 0 amide bonds. The molecule has 0 radical (unpaired) electrons. The van der Waals surface area contributed by atoms with Crippen LogP contribution in [0.15, 0.2) is 40.2 Å². The van der Waals surface area contributed by atoms with Crippen LogP contribution in [0.2, 0.25) is 0 Å². The van der Waals surface area contributed by atoms with Gasteiger partial charge in [0.05, 0.1) is 4.88 Å². The first-order valence-electron chi connectivity index (χ1n) is 4.67. The first-order chi connectivity index (χ1) is 7.66. The maximum Gasteiger partial charge on any atom is 0.178 e. The summed E-state index contributed by atoms with van der Waals surface area (Å²) in [7, 11) is 0. The van der Waals surface area contributed by atoms with Gasteiger partial charge < -0.3 is 0 Å². The molecule has 0 aliphatic carbocycles. The van der Waals surface area contributed by atoms with Crippen LogP contribution in [0.3, 0.4) is 0 Å². The van der Waals surface area contributed by atoms with Crippen molar-refractivity contribution in [3.05, 3.63) is 56.4 Å². The van der Waals surface area contributed by atoms with E-state index in [1.807, 2.05) is 11.4 Å². The minimum Gasteiger partial charge on any atom is -0.293 e. The summed E-state index contributed by atoms with van der Waals surface area (Å²) in [6.45, 7) is 0. The molecule has 1 nitrogen and oxygen atoms in total. The second kappa shape index (κ2) is 4.89. The highest BCUT2D eigenvalue weighted by molar-refractivity contribution is 9.10. The first kappa shape index (κ1) is 11.5. The van der Waals surface area contributed by atoms with Gasteiger partial charge in [0.25, 0.3) is 0 Å². The third kappa shape index (κ3) is 2.57. The highest BCUT2D eigenvalue weighted by Crippen LogP contribution is 2.24. The quantitative estimate of drug-likeness (QED) is 0.781. The van der Waals surface area contributed by atoms with Crippen LogP contribution in [0.1, 0.15) is 15.2 Å². The van der Waals surface area contributed by atoms with Gasteiger partial charge in [0.2, 0.25) is 0 Å². The number of halogens is 2. The van der Waals surface area contributed by atoms with E-state index in [0.29, 0.717) is 10.4 Å². The molecule has 0 aliphatic rings. The van der Waals surface area contributed by atoms with E-state index in [0.717, 1.165) is 4.47 Å². The Balaban J connectivity index is 2.17. The standard InChI is InChI=1S/C12H8BrFOS/c13-10-4-5-16-12(10)11(15)7-8-2-1-3-9(14)6-8/h1-6H,7H2. The molecule has 1 aromatic heterocycles. The second-order valence-corrected chi connectivity index (χ2v) is 5.10. The van der Waals surface area contributed by atoms with E-state index >= 15 is 0 Å². The molecule has 16 heavy (non-hydrogen) atoms. The van der Waals surface area contributed by atoms with Crippen molar-refractivity contribution < 1.29 is 9.18 Å². The van der Waals surface area contributed by atoms with Crippen molar-refractivity contribution in [2.75, 3.05) is 0 Å². The minimum absolute atomic E-state index is 0.00692. The van der Waals surface area contributed by atoms with Crippen LogP contribution in [-0.2, 0) is 6.42 Å². The molecule has 0 aliphatic heterocycles. The third-order valence-electron chi connectivity index (χ3n) is 2.12. The number of carbonyl (C=O) groups excluding carboxylic acids is 1.